The Labute approximate surface area is 175 Å². The molecule has 5 aromatic rings. The highest BCUT2D eigenvalue weighted by molar-refractivity contribution is 5.77. The summed E-state index contributed by atoms with van der Waals surface area (Å²) in [6.45, 7) is 0.402. The van der Waals surface area contributed by atoms with Gasteiger partial charge in [0, 0.05) is 12.0 Å². The van der Waals surface area contributed by atoms with Crippen molar-refractivity contribution in [3.63, 3.8) is 0 Å². The quantitative estimate of drug-likeness (QED) is 0.479. The van der Waals surface area contributed by atoms with Crippen molar-refractivity contribution in [1.82, 2.24) is 29.1 Å². The lowest BCUT2D eigenvalue weighted by Crippen LogP contribution is -2.28. The first-order valence-corrected chi connectivity index (χ1v) is 9.80. The van der Waals surface area contributed by atoms with E-state index in [4.69, 9.17) is 9.72 Å². The number of para-hydroxylation sites is 3. The van der Waals surface area contributed by atoms with Gasteiger partial charge >= 0.3 is 5.69 Å². The van der Waals surface area contributed by atoms with E-state index in [0.717, 1.165) is 16.6 Å². The van der Waals surface area contributed by atoms with E-state index in [1.54, 1.807) is 33.8 Å². The zero-order chi connectivity index (χ0) is 20.9. The minimum atomic E-state index is -0.305. The summed E-state index contributed by atoms with van der Waals surface area (Å²) in [7, 11) is 0. The van der Waals surface area contributed by atoms with Gasteiger partial charge in [0.15, 0.2) is 5.65 Å². The van der Waals surface area contributed by atoms with E-state index >= 15 is 0 Å². The molecule has 0 amide bonds. The molecule has 1 unspecified atom stereocenters. The third-order valence-electron chi connectivity index (χ3n) is 5.59. The zero-order valence-corrected chi connectivity index (χ0v) is 16.2. The van der Waals surface area contributed by atoms with Crippen molar-refractivity contribution in [2.75, 3.05) is 6.61 Å². The van der Waals surface area contributed by atoms with Crippen LogP contribution in [0.25, 0.3) is 28.1 Å². The van der Waals surface area contributed by atoms with Crippen molar-refractivity contribution in [2.45, 2.75) is 12.5 Å². The molecule has 1 atom stereocenters. The molecule has 0 aliphatic carbocycles. The molecule has 3 aromatic heterocycles. The number of hydrogen-bond acceptors (Lipinski definition) is 6. The first-order valence-electron chi connectivity index (χ1n) is 9.80. The van der Waals surface area contributed by atoms with Gasteiger partial charge in [-0.3, -0.25) is 9.13 Å². The van der Waals surface area contributed by atoms with Crippen molar-refractivity contribution in [3.8, 4) is 17.8 Å². The molecule has 0 bridgehead atoms. The van der Waals surface area contributed by atoms with Crippen molar-refractivity contribution >= 4 is 22.2 Å². The predicted molar refractivity (Wildman–Crippen MR) is 112 cm³/mol. The minimum absolute atomic E-state index is 0.280. The Balaban J connectivity index is 1.56. The number of imidazole rings is 2. The molecule has 0 saturated heterocycles. The number of hydrogen-bond donors (Lipinski definition) is 1. The molecule has 9 heteroatoms. The third kappa shape index (κ3) is 2.55. The van der Waals surface area contributed by atoms with Gasteiger partial charge < -0.3 is 9.72 Å². The van der Waals surface area contributed by atoms with Gasteiger partial charge in [0.25, 0.3) is 0 Å². The number of nitrogens with one attached hydrogen (secondary N) is 1. The minimum Gasteiger partial charge on any atom is -0.492 e. The Kier molecular flexibility index (Phi) is 3.67. The number of ether oxygens (including phenoxy) is 1. The number of H-pyrrole nitrogens is 1. The van der Waals surface area contributed by atoms with Crippen molar-refractivity contribution in [1.29, 1.82) is 5.26 Å². The molecular formula is C22H15N7O2. The van der Waals surface area contributed by atoms with Gasteiger partial charge in [-0.1, -0.05) is 24.3 Å². The maximum Gasteiger partial charge on any atom is 0.328 e. The molecule has 150 valence electrons. The molecule has 31 heavy (non-hydrogen) atoms. The Hall–Kier alpha value is -4.45. The molecule has 6 rings (SSSR count). The van der Waals surface area contributed by atoms with Gasteiger partial charge in [0.05, 0.1) is 35.4 Å². The van der Waals surface area contributed by atoms with E-state index in [1.165, 1.54) is 0 Å². The summed E-state index contributed by atoms with van der Waals surface area (Å²) in [4.78, 5) is 29.3. The fourth-order valence-corrected chi connectivity index (χ4v) is 4.19. The van der Waals surface area contributed by atoms with Crippen molar-refractivity contribution in [2.24, 2.45) is 0 Å². The SMILES string of the molecule is N#Cc1cccc2c1OCCC2n1c(=O)[nH]c2cnc(-n3cnc4ccccc43)nc21. The Bertz CT molecular complexity index is 1570. The van der Waals surface area contributed by atoms with Crippen LogP contribution < -0.4 is 10.4 Å². The Morgan fingerprint density at radius 1 is 1.16 bits per heavy atom. The average Bonchev–Trinajstić information content (AvgIpc) is 3.38. The number of nitriles is 1. The van der Waals surface area contributed by atoms with Crippen LogP contribution in [0.2, 0.25) is 0 Å². The lowest BCUT2D eigenvalue weighted by atomic mass is 9.97. The molecule has 1 N–H and O–H groups in total. The fraction of sp³-hybridized carbons (Fsp3) is 0.136. The number of nitrogens with zero attached hydrogens (tertiary/aromatic N) is 6. The summed E-state index contributed by atoms with van der Waals surface area (Å²) in [5, 5.41) is 9.43. The lowest BCUT2D eigenvalue weighted by molar-refractivity contribution is 0.255. The summed E-state index contributed by atoms with van der Waals surface area (Å²) in [5.41, 5.74) is 3.71. The molecule has 2 aromatic carbocycles. The second kappa shape index (κ2) is 6.53. The van der Waals surface area contributed by atoms with Gasteiger partial charge in [-0.25, -0.2) is 14.8 Å². The van der Waals surface area contributed by atoms with Crippen molar-refractivity contribution in [3.05, 3.63) is 76.6 Å². The van der Waals surface area contributed by atoms with Crippen LogP contribution in [0.1, 0.15) is 23.6 Å². The van der Waals surface area contributed by atoms with E-state index in [-0.39, 0.29) is 11.7 Å². The predicted octanol–water partition coefficient (Wildman–Crippen LogP) is 2.70. The second-order valence-electron chi connectivity index (χ2n) is 7.30. The van der Waals surface area contributed by atoms with E-state index in [0.29, 0.717) is 41.5 Å². The van der Waals surface area contributed by atoms with Crippen molar-refractivity contribution < 1.29 is 4.74 Å². The first kappa shape index (κ1) is 17.4. The van der Waals surface area contributed by atoms with E-state index in [2.05, 4.69) is 21.0 Å². The summed E-state index contributed by atoms with van der Waals surface area (Å²) < 4.78 is 9.18. The summed E-state index contributed by atoms with van der Waals surface area (Å²) in [5.74, 6) is 0.949. The highest BCUT2D eigenvalue weighted by Gasteiger charge is 2.28. The Morgan fingerprint density at radius 3 is 2.97 bits per heavy atom. The number of aromatic nitrogens is 6. The van der Waals surface area contributed by atoms with Gasteiger partial charge in [-0.15, -0.1) is 0 Å². The monoisotopic (exact) mass is 409 g/mol. The van der Waals surface area contributed by atoms with E-state index in [1.807, 2.05) is 30.3 Å². The maximum absolute atomic E-state index is 12.9. The standard InChI is InChI=1S/C22H15N7O2/c23-10-13-4-3-5-14-17(8-9-31-19(13)14)29-20-16(26-22(29)30)11-24-21(27-20)28-12-25-15-6-1-2-7-18(15)28/h1-7,11-12,17H,8-9H2,(H,26,30). The van der Waals surface area contributed by atoms with Crippen LogP contribution in [-0.2, 0) is 0 Å². The molecular weight excluding hydrogens is 394 g/mol. The summed E-state index contributed by atoms with van der Waals surface area (Å²) in [6.07, 6.45) is 3.86. The van der Waals surface area contributed by atoms with Crippen LogP contribution in [0.3, 0.4) is 0 Å². The summed E-state index contributed by atoms with van der Waals surface area (Å²) in [6, 6.07) is 15.0. The molecule has 0 spiro atoms. The number of aromatic amines is 1. The molecule has 0 saturated carbocycles. The topological polar surface area (TPSA) is 114 Å². The lowest BCUT2D eigenvalue weighted by Gasteiger charge is -2.27. The van der Waals surface area contributed by atoms with Crippen LogP contribution in [0.5, 0.6) is 5.75 Å². The molecule has 0 radical (unpaired) electrons. The Morgan fingerprint density at radius 2 is 2.06 bits per heavy atom. The smallest absolute Gasteiger partial charge is 0.328 e. The van der Waals surface area contributed by atoms with Crippen LogP contribution in [0.15, 0.2) is 59.8 Å². The van der Waals surface area contributed by atoms with Crippen LogP contribution in [-0.4, -0.2) is 35.7 Å². The molecule has 4 heterocycles. The highest BCUT2D eigenvalue weighted by Crippen LogP contribution is 2.37. The van der Waals surface area contributed by atoms with Gasteiger partial charge in [-0.05, 0) is 18.2 Å². The average molecular weight is 409 g/mol. The van der Waals surface area contributed by atoms with Gasteiger partial charge in [0.1, 0.15) is 23.7 Å². The molecule has 0 fully saturated rings. The number of benzene rings is 2. The largest absolute Gasteiger partial charge is 0.492 e. The van der Waals surface area contributed by atoms with Crippen LogP contribution in [0.4, 0.5) is 0 Å². The highest BCUT2D eigenvalue weighted by atomic mass is 16.5. The van der Waals surface area contributed by atoms with Gasteiger partial charge in [0.2, 0.25) is 5.95 Å². The first-order chi connectivity index (χ1) is 15.2. The molecule has 9 nitrogen and oxygen atoms in total. The van der Waals surface area contributed by atoms with Crippen LogP contribution >= 0.6 is 0 Å². The number of fused-ring (bicyclic) bond motifs is 3. The zero-order valence-electron chi connectivity index (χ0n) is 16.2. The normalized spacial score (nSPS) is 15.5. The second-order valence-corrected chi connectivity index (χ2v) is 7.30. The van der Waals surface area contributed by atoms with Gasteiger partial charge in [-0.2, -0.15) is 10.2 Å². The molecule has 1 aliphatic rings. The number of rotatable bonds is 2. The molecule has 1 aliphatic heterocycles. The third-order valence-corrected chi connectivity index (χ3v) is 5.59. The van der Waals surface area contributed by atoms with Crippen LogP contribution in [0, 0.1) is 11.3 Å². The fourth-order valence-electron chi connectivity index (χ4n) is 4.19. The summed E-state index contributed by atoms with van der Waals surface area (Å²) >= 11 is 0. The maximum atomic E-state index is 12.9. The van der Waals surface area contributed by atoms with E-state index < -0.39 is 0 Å². The van der Waals surface area contributed by atoms with E-state index in [9.17, 15) is 10.1 Å².